The summed E-state index contributed by atoms with van der Waals surface area (Å²) in [6.07, 6.45) is 3.79. The molecule has 0 unspecified atom stereocenters. The third kappa shape index (κ3) is 2.82. The van der Waals surface area contributed by atoms with Crippen molar-refractivity contribution in [3.05, 3.63) is 0 Å². The van der Waals surface area contributed by atoms with Crippen LogP contribution in [0.3, 0.4) is 0 Å². The van der Waals surface area contributed by atoms with Crippen molar-refractivity contribution in [2.45, 2.75) is 57.5 Å². The number of amides is 2. The molecule has 5 heteroatoms. The summed E-state index contributed by atoms with van der Waals surface area (Å²) in [6.45, 7) is 6.60. The van der Waals surface area contributed by atoms with Gasteiger partial charge < -0.3 is 15.1 Å². The summed E-state index contributed by atoms with van der Waals surface area (Å²) < 4.78 is 0. The molecule has 0 aliphatic carbocycles. The van der Waals surface area contributed by atoms with Crippen molar-refractivity contribution in [3.63, 3.8) is 0 Å². The van der Waals surface area contributed by atoms with Crippen LogP contribution in [-0.2, 0) is 9.59 Å². The van der Waals surface area contributed by atoms with E-state index in [1.54, 1.807) is 0 Å². The lowest BCUT2D eigenvalue weighted by Gasteiger charge is -2.40. The van der Waals surface area contributed by atoms with E-state index >= 15 is 0 Å². The molecule has 0 spiro atoms. The normalized spacial score (nSPS) is 25.4. The van der Waals surface area contributed by atoms with Crippen LogP contribution in [0.25, 0.3) is 0 Å². The van der Waals surface area contributed by atoms with Crippen molar-refractivity contribution in [2.75, 3.05) is 26.7 Å². The standard InChI is InChI=1S/C15H27N3O2/c1-4-15(5-2)14(20)18(11-8-13(19)16-15)12-6-9-17(3)10-7-12/h12H,4-11H2,1-3H3,(H,16,19). The smallest absolute Gasteiger partial charge is 0.248 e. The monoisotopic (exact) mass is 281 g/mol. The highest BCUT2D eigenvalue weighted by atomic mass is 16.2. The Hall–Kier alpha value is -1.10. The van der Waals surface area contributed by atoms with E-state index in [9.17, 15) is 9.59 Å². The van der Waals surface area contributed by atoms with Crippen molar-refractivity contribution in [3.8, 4) is 0 Å². The maximum Gasteiger partial charge on any atom is 0.248 e. The van der Waals surface area contributed by atoms with E-state index in [1.807, 2.05) is 18.7 Å². The fourth-order valence-corrected chi connectivity index (χ4v) is 3.37. The molecule has 2 aliphatic heterocycles. The van der Waals surface area contributed by atoms with Crippen LogP contribution in [0.15, 0.2) is 0 Å². The minimum absolute atomic E-state index is 0.0116. The Morgan fingerprint density at radius 1 is 1.15 bits per heavy atom. The lowest BCUT2D eigenvalue weighted by atomic mass is 9.90. The van der Waals surface area contributed by atoms with Crippen molar-refractivity contribution < 1.29 is 9.59 Å². The Bertz CT molecular complexity index is 371. The number of carbonyl (C=O) groups is 2. The fraction of sp³-hybridized carbons (Fsp3) is 0.867. The summed E-state index contributed by atoms with van der Waals surface area (Å²) in [7, 11) is 2.12. The molecule has 20 heavy (non-hydrogen) atoms. The second-order valence-corrected chi connectivity index (χ2v) is 6.12. The van der Waals surface area contributed by atoms with Crippen molar-refractivity contribution in [1.82, 2.24) is 15.1 Å². The molecular weight excluding hydrogens is 254 g/mol. The fourth-order valence-electron chi connectivity index (χ4n) is 3.37. The van der Waals surface area contributed by atoms with Crippen LogP contribution >= 0.6 is 0 Å². The first-order chi connectivity index (χ1) is 9.52. The highest BCUT2D eigenvalue weighted by Gasteiger charge is 2.43. The largest absolute Gasteiger partial charge is 0.342 e. The van der Waals surface area contributed by atoms with Gasteiger partial charge in [0.05, 0.1) is 0 Å². The molecule has 5 nitrogen and oxygen atoms in total. The third-order valence-electron chi connectivity index (χ3n) is 4.96. The topological polar surface area (TPSA) is 52.7 Å². The predicted molar refractivity (Wildman–Crippen MR) is 78.3 cm³/mol. The highest BCUT2D eigenvalue weighted by Crippen LogP contribution is 2.26. The molecule has 2 fully saturated rings. The first-order valence-electron chi connectivity index (χ1n) is 7.83. The second kappa shape index (κ2) is 6.12. The predicted octanol–water partition coefficient (Wildman–Crippen LogP) is 0.988. The Morgan fingerprint density at radius 3 is 2.30 bits per heavy atom. The van der Waals surface area contributed by atoms with Gasteiger partial charge in [0, 0.05) is 19.0 Å². The summed E-state index contributed by atoms with van der Waals surface area (Å²) in [5.41, 5.74) is -0.684. The van der Waals surface area contributed by atoms with Crippen LogP contribution in [0, 0.1) is 0 Å². The van der Waals surface area contributed by atoms with E-state index in [0.717, 1.165) is 25.9 Å². The lowest BCUT2D eigenvalue weighted by Crippen LogP contribution is -2.59. The minimum Gasteiger partial charge on any atom is -0.342 e. The molecule has 114 valence electrons. The lowest BCUT2D eigenvalue weighted by molar-refractivity contribution is -0.142. The Labute approximate surface area is 121 Å². The first-order valence-corrected chi connectivity index (χ1v) is 7.83. The zero-order chi connectivity index (χ0) is 14.8. The number of nitrogens with zero attached hydrogens (tertiary/aromatic N) is 2. The summed E-state index contributed by atoms with van der Waals surface area (Å²) in [5, 5.41) is 2.98. The molecule has 0 saturated carbocycles. The maximum atomic E-state index is 13.0. The van der Waals surface area contributed by atoms with Gasteiger partial charge in [-0.05, 0) is 45.8 Å². The van der Waals surface area contributed by atoms with Gasteiger partial charge in [-0.15, -0.1) is 0 Å². The number of piperidine rings is 1. The molecular formula is C15H27N3O2. The van der Waals surface area contributed by atoms with Gasteiger partial charge in [-0.2, -0.15) is 0 Å². The average Bonchev–Trinajstić information content (AvgIpc) is 2.58. The van der Waals surface area contributed by atoms with Gasteiger partial charge in [0.15, 0.2) is 0 Å². The summed E-state index contributed by atoms with van der Waals surface area (Å²) in [6, 6.07) is 0.295. The van der Waals surface area contributed by atoms with Crippen molar-refractivity contribution >= 4 is 11.8 Å². The van der Waals surface area contributed by atoms with E-state index in [1.165, 1.54) is 0 Å². The number of rotatable bonds is 3. The summed E-state index contributed by atoms with van der Waals surface area (Å²) in [5.74, 6) is 0.139. The average molecular weight is 281 g/mol. The van der Waals surface area contributed by atoms with Gasteiger partial charge >= 0.3 is 0 Å². The van der Waals surface area contributed by atoms with Gasteiger partial charge in [0.1, 0.15) is 5.54 Å². The molecule has 0 atom stereocenters. The number of carbonyl (C=O) groups excluding carboxylic acids is 2. The number of hydrogen-bond acceptors (Lipinski definition) is 3. The number of hydrogen-bond donors (Lipinski definition) is 1. The van der Waals surface area contributed by atoms with Crippen LogP contribution in [0.1, 0.15) is 46.0 Å². The summed E-state index contributed by atoms with van der Waals surface area (Å²) >= 11 is 0. The Kier molecular flexibility index (Phi) is 4.68. The molecule has 2 heterocycles. The molecule has 0 radical (unpaired) electrons. The Balaban J connectivity index is 2.19. The van der Waals surface area contributed by atoms with Crippen LogP contribution in [0.5, 0.6) is 0 Å². The zero-order valence-corrected chi connectivity index (χ0v) is 12.9. The first kappa shape index (κ1) is 15.3. The van der Waals surface area contributed by atoms with Crippen LogP contribution < -0.4 is 5.32 Å². The van der Waals surface area contributed by atoms with E-state index in [0.29, 0.717) is 31.8 Å². The molecule has 2 amide bonds. The van der Waals surface area contributed by atoms with Crippen molar-refractivity contribution in [1.29, 1.82) is 0 Å². The van der Waals surface area contributed by atoms with Crippen molar-refractivity contribution in [2.24, 2.45) is 0 Å². The Morgan fingerprint density at radius 2 is 1.75 bits per heavy atom. The van der Waals surface area contributed by atoms with Crippen LogP contribution in [-0.4, -0.2) is 59.9 Å². The number of nitrogens with one attached hydrogen (secondary N) is 1. The van der Waals surface area contributed by atoms with E-state index in [2.05, 4.69) is 17.3 Å². The van der Waals surface area contributed by atoms with E-state index in [4.69, 9.17) is 0 Å². The van der Waals surface area contributed by atoms with E-state index in [-0.39, 0.29) is 11.8 Å². The van der Waals surface area contributed by atoms with Gasteiger partial charge in [-0.3, -0.25) is 9.59 Å². The molecule has 0 aromatic carbocycles. The molecule has 0 aromatic rings. The quantitative estimate of drug-likeness (QED) is 0.839. The van der Waals surface area contributed by atoms with Gasteiger partial charge in [-0.1, -0.05) is 13.8 Å². The molecule has 1 N–H and O–H groups in total. The van der Waals surface area contributed by atoms with Gasteiger partial charge in [0.2, 0.25) is 11.8 Å². The maximum absolute atomic E-state index is 13.0. The summed E-state index contributed by atoms with van der Waals surface area (Å²) in [4.78, 5) is 29.2. The van der Waals surface area contributed by atoms with E-state index < -0.39 is 5.54 Å². The third-order valence-corrected chi connectivity index (χ3v) is 4.96. The molecule has 0 aromatic heterocycles. The highest BCUT2D eigenvalue weighted by molar-refractivity contribution is 5.93. The van der Waals surface area contributed by atoms with Crippen LogP contribution in [0.2, 0.25) is 0 Å². The second-order valence-electron chi connectivity index (χ2n) is 6.12. The SMILES string of the molecule is CCC1(CC)NC(=O)CCN(C2CCN(C)CC2)C1=O. The molecule has 0 bridgehead atoms. The molecule has 2 rings (SSSR count). The zero-order valence-electron chi connectivity index (χ0n) is 12.9. The molecule has 2 aliphatic rings. The van der Waals surface area contributed by atoms with Gasteiger partial charge in [-0.25, -0.2) is 0 Å². The van der Waals surface area contributed by atoms with Crippen LogP contribution in [0.4, 0.5) is 0 Å². The molecule has 2 saturated heterocycles. The number of likely N-dealkylation sites (tertiary alicyclic amines) is 1. The van der Waals surface area contributed by atoms with Gasteiger partial charge in [0.25, 0.3) is 0 Å². The minimum atomic E-state index is -0.684.